The van der Waals surface area contributed by atoms with E-state index in [0.717, 1.165) is 43.1 Å². The number of hydrogen-bond acceptors (Lipinski definition) is 4. The van der Waals surface area contributed by atoms with Gasteiger partial charge in [-0.3, -0.25) is 9.69 Å². The molecule has 0 aliphatic carbocycles. The van der Waals surface area contributed by atoms with E-state index in [0.29, 0.717) is 5.69 Å². The smallest absolute Gasteiger partial charge is 0.273 e. The van der Waals surface area contributed by atoms with E-state index in [1.165, 1.54) is 11.3 Å². The first-order valence-corrected chi connectivity index (χ1v) is 7.70. The first-order chi connectivity index (χ1) is 8.20. The number of thiazole rings is 1. The summed E-state index contributed by atoms with van der Waals surface area (Å²) in [5.41, 5.74) is 0.599. The van der Waals surface area contributed by atoms with E-state index in [4.69, 9.17) is 0 Å². The molecule has 1 saturated heterocycles. The summed E-state index contributed by atoms with van der Waals surface area (Å²) >= 11 is 4.97. The number of piperazine rings is 1. The molecule has 1 aliphatic heterocycles. The summed E-state index contributed by atoms with van der Waals surface area (Å²) in [7, 11) is 0. The van der Waals surface area contributed by atoms with Crippen LogP contribution in [0.1, 0.15) is 15.5 Å². The Balaban J connectivity index is 1.90. The quantitative estimate of drug-likeness (QED) is 0.795. The van der Waals surface area contributed by atoms with Gasteiger partial charge in [-0.1, -0.05) is 15.9 Å². The van der Waals surface area contributed by atoms with Crippen LogP contribution < -0.4 is 0 Å². The molecule has 1 aliphatic rings. The van der Waals surface area contributed by atoms with Gasteiger partial charge >= 0.3 is 0 Å². The molecule has 0 saturated carbocycles. The summed E-state index contributed by atoms with van der Waals surface area (Å²) in [5, 5.41) is 3.79. The molecule has 6 heteroatoms. The number of alkyl halides is 1. The standard InChI is InChI=1S/C11H16BrN3OS/c1-9-13-10(8-17-9)11(16)15-6-4-14(3-2-12)5-7-15/h8H,2-7H2,1H3. The minimum Gasteiger partial charge on any atom is -0.335 e. The first kappa shape index (κ1) is 13.0. The lowest BCUT2D eigenvalue weighted by atomic mass is 10.3. The third kappa shape index (κ3) is 3.26. The minimum atomic E-state index is 0.0767. The Hall–Kier alpha value is -0.460. The second kappa shape index (κ2) is 5.93. The molecule has 4 nitrogen and oxygen atoms in total. The monoisotopic (exact) mass is 317 g/mol. The van der Waals surface area contributed by atoms with Crippen LogP contribution in [0.25, 0.3) is 0 Å². The van der Waals surface area contributed by atoms with Crippen molar-refractivity contribution in [3.05, 3.63) is 16.1 Å². The predicted molar refractivity (Wildman–Crippen MR) is 73.0 cm³/mol. The van der Waals surface area contributed by atoms with Crippen LogP contribution in [0.15, 0.2) is 5.38 Å². The molecule has 0 N–H and O–H groups in total. The van der Waals surface area contributed by atoms with Crippen molar-refractivity contribution >= 4 is 33.2 Å². The lowest BCUT2D eigenvalue weighted by molar-refractivity contribution is 0.0640. The van der Waals surface area contributed by atoms with Gasteiger partial charge < -0.3 is 4.90 Å². The molecule has 1 fully saturated rings. The second-order valence-corrected chi connectivity index (χ2v) is 5.93. The zero-order chi connectivity index (χ0) is 12.3. The maximum atomic E-state index is 12.1. The van der Waals surface area contributed by atoms with Gasteiger partial charge in [0.15, 0.2) is 0 Å². The predicted octanol–water partition coefficient (Wildman–Crippen LogP) is 1.60. The van der Waals surface area contributed by atoms with Crippen LogP contribution >= 0.6 is 27.3 Å². The van der Waals surface area contributed by atoms with Crippen molar-refractivity contribution < 1.29 is 4.79 Å². The first-order valence-electron chi connectivity index (χ1n) is 5.70. The van der Waals surface area contributed by atoms with Gasteiger partial charge in [-0.25, -0.2) is 4.98 Å². The van der Waals surface area contributed by atoms with Crippen LogP contribution in [0, 0.1) is 6.92 Å². The Morgan fingerprint density at radius 2 is 2.18 bits per heavy atom. The molecule has 1 aromatic heterocycles. The summed E-state index contributed by atoms with van der Waals surface area (Å²) in [4.78, 5) is 20.6. The number of carbonyl (C=O) groups excluding carboxylic acids is 1. The van der Waals surface area contributed by atoms with E-state index in [1.54, 1.807) is 0 Å². The van der Waals surface area contributed by atoms with Crippen molar-refractivity contribution in [2.75, 3.05) is 38.1 Å². The molecule has 2 heterocycles. The number of carbonyl (C=O) groups is 1. The number of halogens is 1. The Morgan fingerprint density at radius 1 is 1.47 bits per heavy atom. The summed E-state index contributed by atoms with van der Waals surface area (Å²) in [6.07, 6.45) is 0. The van der Waals surface area contributed by atoms with E-state index < -0.39 is 0 Å². The molecule has 0 radical (unpaired) electrons. The third-order valence-corrected chi connectivity index (χ3v) is 4.03. The number of nitrogens with zero attached hydrogens (tertiary/aromatic N) is 3. The zero-order valence-corrected chi connectivity index (χ0v) is 12.3. The Kier molecular flexibility index (Phi) is 4.53. The fourth-order valence-corrected chi connectivity index (χ4v) is 3.01. The maximum Gasteiger partial charge on any atom is 0.273 e. The maximum absolute atomic E-state index is 12.1. The Bertz CT molecular complexity index is 388. The van der Waals surface area contributed by atoms with Crippen molar-refractivity contribution in [1.29, 1.82) is 0 Å². The second-order valence-electron chi connectivity index (χ2n) is 4.07. The van der Waals surface area contributed by atoms with Gasteiger partial charge in [0.2, 0.25) is 0 Å². The highest BCUT2D eigenvalue weighted by atomic mass is 79.9. The van der Waals surface area contributed by atoms with Crippen LogP contribution in [0.4, 0.5) is 0 Å². The van der Waals surface area contributed by atoms with E-state index >= 15 is 0 Å². The highest BCUT2D eigenvalue weighted by molar-refractivity contribution is 9.09. The number of rotatable bonds is 3. The molecule has 0 atom stereocenters. The van der Waals surface area contributed by atoms with Gasteiger partial charge in [-0.15, -0.1) is 11.3 Å². The van der Waals surface area contributed by atoms with Crippen molar-refractivity contribution in [1.82, 2.24) is 14.8 Å². The van der Waals surface area contributed by atoms with E-state index in [9.17, 15) is 4.79 Å². The number of hydrogen-bond donors (Lipinski definition) is 0. The van der Waals surface area contributed by atoms with Crippen LogP contribution in [0.2, 0.25) is 0 Å². The van der Waals surface area contributed by atoms with Gasteiger partial charge in [-0.05, 0) is 6.92 Å². The molecular weight excluding hydrogens is 302 g/mol. The summed E-state index contributed by atoms with van der Waals surface area (Å²) in [6.45, 7) is 6.51. The Morgan fingerprint density at radius 3 is 2.71 bits per heavy atom. The van der Waals surface area contributed by atoms with Crippen molar-refractivity contribution in [3.8, 4) is 0 Å². The van der Waals surface area contributed by atoms with E-state index in [-0.39, 0.29) is 5.91 Å². The molecule has 1 amide bonds. The minimum absolute atomic E-state index is 0.0767. The zero-order valence-electron chi connectivity index (χ0n) is 9.86. The molecule has 0 bridgehead atoms. The topological polar surface area (TPSA) is 36.4 Å². The number of amides is 1. The van der Waals surface area contributed by atoms with Crippen LogP contribution in [-0.2, 0) is 0 Å². The highest BCUT2D eigenvalue weighted by Gasteiger charge is 2.22. The molecular formula is C11H16BrN3OS. The van der Waals surface area contributed by atoms with Crippen LogP contribution in [0.5, 0.6) is 0 Å². The Labute approximate surface area is 114 Å². The largest absolute Gasteiger partial charge is 0.335 e. The molecule has 1 aromatic rings. The SMILES string of the molecule is Cc1nc(C(=O)N2CCN(CCBr)CC2)cs1. The van der Waals surface area contributed by atoms with E-state index in [1.807, 2.05) is 17.2 Å². The van der Waals surface area contributed by atoms with E-state index in [2.05, 4.69) is 25.8 Å². The van der Waals surface area contributed by atoms with Gasteiger partial charge in [0, 0.05) is 43.4 Å². The molecule has 0 aromatic carbocycles. The summed E-state index contributed by atoms with van der Waals surface area (Å²) in [6, 6.07) is 0. The van der Waals surface area contributed by atoms with Gasteiger partial charge in [-0.2, -0.15) is 0 Å². The molecule has 0 spiro atoms. The summed E-state index contributed by atoms with van der Waals surface area (Å²) < 4.78 is 0. The fraction of sp³-hybridized carbons (Fsp3) is 0.636. The molecule has 94 valence electrons. The lowest BCUT2D eigenvalue weighted by Crippen LogP contribution is -2.49. The summed E-state index contributed by atoms with van der Waals surface area (Å²) in [5.74, 6) is 0.0767. The fourth-order valence-electron chi connectivity index (χ4n) is 1.92. The van der Waals surface area contributed by atoms with Crippen molar-refractivity contribution in [2.45, 2.75) is 6.92 Å². The molecule has 0 unspecified atom stereocenters. The molecule has 2 rings (SSSR count). The van der Waals surface area contributed by atoms with Crippen molar-refractivity contribution in [3.63, 3.8) is 0 Å². The third-order valence-electron chi connectivity index (χ3n) is 2.90. The van der Waals surface area contributed by atoms with Gasteiger partial charge in [0.1, 0.15) is 5.69 Å². The van der Waals surface area contributed by atoms with Crippen LogP contribution in [0.3, 0.4) is 0 Å². The van der Waals surface area contributed by atoms with Gasteiger partial charge in [0.25, 0.3) is 5.91 Å². The number of aromatic nitrogens is 1. The van der Waals surface area contributed by atoms with Gasteiger partial charge in [0.05, 0.1) is 5.01 Å². The normalized spacial score (nSPS) is 17.4. The average Bonchev–Trinajstić information content (AvgIpc) is 2.76. The average molecular weight is 318 g/mol. The molecule has 17 heavy (non-hydrogen) atoms. The lowest BCUT2D eigenvalue weighted by Gasteiger charge is -2.34. The highest BCUT2D eigenvalue weighted by Crippen LogP contribution is 2.12. The van der Waals surface area contributed by atoms with Crippen molar-refractivity contribution in [2.24, 2.45) is 0 Å². The number of aryl methyl sites for hydroxylation is 1. The van der Waals surface area contributed by atoms with Crippen LogP contribution in [-0.4, -0.2) is 58.7 Å².